The second kappa shape index (κ2) is 8.25. The Hall–Kier alpha value is -1.93. The predicted octanol–water partition coefficient (Wildman–Crippen LogP) is 4.29. The minimum Gasteiger partial charge on any atom is -0.351 e. The zero-order chi connectivity index (χ0) is 17.7. The van der Waals surface area contributed by atoms with Crippen LogP contribution in [0.4, 0.5) is 10.1 Å². The van der Waals surface area contributed by atoms with Gasteiger partial charge in [-0.25, -0.2) is 4.39 Å². The van der Waals surface area contributed by atoms with Crippen LogP contribution >= 0.6 is 27.7 Å². The fourth-order valence-electron chi connectivity index (χ4n) is 1.91. The van der Waals surface area contributed by atoms with Crippen LogP contribution in [0.25, 0.3) is 0 Å². The Morgan fingerprint density at radius 3 is 2.62 bits per heavy atom. The van der Waals surface area contributed by atoms with Gasteiger partial charge in [-0.2, -0.15) is 0 Å². The average molecular weight is 413 g/mol. The van der Waals surface area contributed by atoms with Crippen molar-refractivity contribution >= 4 is 39.3 Å². The van der Waals surface area contributed by atoms with Gasteiger partial charge in [-0.15, -0.1) is 11.8 Å². The average Bonchev–Trinajstić information content (AvgIpc) is 2.55. The van der Waals surface area contributed by atoms with Crippen molar-refractivity contribution < 1.29 is 14.1 Å². The molecule has 0 saturated carbocycles. The fraction of sp³-hybridized carbons (Fsp3) is 0.188. The van der Waals surface area contributed by atoms with Gasteiger partial charge >= 0.3 is 0 Å². The first-order valence-corrected chi connectivity index (χ1v) is 8.67. The highest BCUT2D eigenvalue weighted by molar-refractivity contribution is 9.10. The Bertz CT molecular complexity index is 755. The molecule has 8 heteroatoms. The summed E-state index contributed by atoms with van der Waals surface area (Å²) in [5, 5.41) is 12.9. The maximum Gasteiger partial charge on any atom is 0.269 e. The van der Waals surface area contributed by atoms with Gasteiger partial charge in [0.1, 0.15) is 5.82 Å². The van der Waals surface area contributed by atoms with Crippen molar-refractivity contribution in [1.82, 2.24) is 5.32 Å². The van der Waals surface area contributed by atoms with E-state index in [1.165, 1.54) is 30.0 Å². The number of rotatable bonds is 6. The molecule has 1 amide bonds. The number of benzene rings is 2. The van der Waals surface area contributed by atoms with E-state index in [0.717, 1.165) is 9.37 Å². The molecule has 0 fully saturated rings. The van der Waals surface area contributed by atoms with E-state index in [4.69, 9.17) is 0 Å². The van der Waals surface area contributed by atoms with Gasteiger partial charge in [0.2, 0.25) is 5.91 Å². The first kappa shape index (κ1) is 18.4. The van der Waals surface area contributed by atoms with Gasteiger partial charge in [0.05, 0.1) is 10.2 Å². The molecule has 0 aromatic heterocycles. The lowest BCUT2D eigenvalue weighted by Crippen LogP contribution is -2.30. The number of amides is 1. The Morgan fingerprint density at radius 1 is 1.33 bits per heavy atom. The van der Waals surface area contributed by atoms with E-state index >= 15 is 0 Å². The van der Waals surface area contributed by atoms with Gasteiger partial charge in [-0.3, -0.25) is 14.9 Å². The molecule has 0 spiro atoms. The van der Waals surface area contributed by atoms with Crippen molar-refractivity contribution in [3.63, 3.8) is 0 Å². The number of hydrogen-bond donors (Lipinski definition) is 1. The topological polar surface area (TPSA) is 72.2 Å². The van der Waals surface area contributed by atoms with Crippen LogP contribution in [-0.2, 0) is 11.3 Å². The summed E-state index contributed by atoms with van der Waals surface area (Å²) in [6, 6.07) is 10.5. The molecule has 0 saturated heterocycles. The quantitative estimate of drug-likeness (QED) is 0.436. The van der Waals surface area contributed by atoms with Crippen molar-refractivity contribution in [1.29, 1.82) is 0 Å². The van der Waals surface area contributed by atoms with Crippen LogP contribution < -0.4 is 5.32 Å². The Labute approximate surface area is 150 Å². The number of thioether (sulfide) groups is 1. The standard InChI is InChI=1S/C16H14BrFN2O3S/c1-10(24-14-5-3-13(4-6-14)20(22)23)16(21)19-9-11-8-12(17)2-7-15(11)18/h2-8,10H,9H2,1H3,(H,19,21). The maximum atomic E-state index is 13.6. The third-order valence-corrected chi connectivity index (χ3v) is 4.80. The summed E-state index contributed by atoms with van der Waals surface area (Å²) in [5.74, 6) is -0.619. The molecule has 0 radical (unpaired) electrons. The molecule has 1 N–H and O–H groups in total. The number of nitrogens with one attached hydrogen (secondary N) is 1. The number of carbonyl (C=O) groups is 1. The number of nitro benzene ring substituents is 1. The van der Waals surface area contributed by atoms with Gasteiger partial charge in [0.15, 0.2) is 0 Å². The van der Waals surface area contributed by atoms with Crippen LogP contribution in [0.2, 0.25) is 0 Å². The first-order chi connectivity index (χ1) is 11.4. The monoisotopic (exact) mass is 412 g/mol. The van der Waals surface area contributed by atoms with E-state index in [-0.39, 0.29) is 24.0 Å². The van der Waals surface area contributed by atoms with E-state index in [9.17, 15) is 19.3 Å². The Balaban J connectivity index is 1.92. The molecule has 24 heavy (non-hydrogen) atoms. The van der Waals surface area contributed by atoms with Crippen LogP contribution in [0.3, 0.4) is 0 Å². The molecule has 0 aliphatic rings. The van der Waals surface area contributed by atoms with E-state index in [0.29, 0.717) is 5.56 Å². The third-order valence-electron chi connectivity index (χ3n) is 3.19. The minimum atomic E-state index is -0.475. The second-order valence-electron chi connectivity index (χ2n) is 4.96. The molecular weight excluding hydrogens is 399 g/mol. The zero-order valence-corrected chi connectivity index (χ0v) is 15.1. The normalized spacial score (nSPS) is 11.8. The number of carbonyl (C=O) groups excluding carboxylic acids is 1. The zero-order valence-electron chi connectivity index (χ0n) is 12.7. The summed E-state index contributed by atoms with van der Waals surface area (Å²) in [6.45, 7) is 1.81. The molecule has 1 unspecified atom stereocenters. The second-order valence-corrected chi connectivity index (χ2v) is 7.29. The number of nitrogens with zero attached hydrogens (tertiary/aromatic N) is 1. The van der Waals surface area contributed by atoms with Gasteiger partial charge in [0, 0.05) is 33.6 Å². The largest absolute Gasteiger partial charge is 0.351 e. The van der Waals surface area contributed by atoms with Crippen molar-refractivity contribution in [2.24, 2.45) is 0 Å². The lowest BCUT2D eigenvalue weighted by atomic mass is 10.2. The summed E-state index contributed by atoms with van der Waals surface area (Å²) in [4.78, 5) is 23.0. The molecule has 2 aromatic rings. The summed E-state index contributed by atoms with van der Waals surface area (Å²) in [5.41, 5.74) is 0.395. The van der Waals surface area contributed by atoms with Crippen LogP contribution in [0.5, 0.6) is 0 Å². The lowest BCUT2D eigenvalue weighted by molar-refractivity contribution is -0.384. The minimum absolute atomic E-state index is 0.00147. The van der Waals surface area contributed by atoms with E-state index < -0.39 is 10.2 Å². The smallest absolute Gasteiger partial charge is 0.269 e. The number of nitro groups is 1. The predicted molar refractivity (Wildman–Crippen MR) is 94.4 cm³/mol. The molecule has 2 aromatic carbocycles. The maximum absolute atomic E-state index is 13.6. The number of halogens is 2. The summed E-state index contributed by atoms with van der Waals surface area (Å²) >= 11 is 4.54. The molecule has 2 rings (SSSR count). The molecule has 126 valence electrons. The molecule has 0 bridgehead atoms. The molecule has 0 heterocycles. The van der Waals surface area contributed by atoms with Crippen LogP contribution in [0.1, 0.15) is 12.5 Å². The molecule has 0 aliphatic carbocycles. The molecular formula is C16H14BrFN2O3S. The summed E-state index contributed by atoms with van der Waals surface area (Å²) in [6.07, 6.45) is 0. The van der Waals surface area contributed by atoms with Gasteiger partial charge in [-0.1, -0.05) is 15.9 Å². The number of hydrogen-bond acceptors (Lipinski definition) is 4. The molecule has 5 nitrogen and oxygen atoms in total. The Morgan fingerprint density at radius 2 is 2.00 bits per heavy atom. The van der Waals surface area contributed by atoms with Crippen molar-refractivity contribution in [2.75, 3.05) is 0 Å². The number of non-ortho nitro benzene ring substituents is 1. The highest BCUT2D eigenvalue weighted by Crippen LogP contribution is 2.25. The first-order valence-electron chi connectivity index (χ1n) is 6.99. The van der Waals surface area contributed by atoms with Crippen molar-refractivity contribution in [2.45, 2.75) is 23.6 Å². The van der Waals surface area contributed by atoms with Gasteiger partial charge in [0.25, 0.3) is 5.69 Å². The molecule has 0 aliphatic heterocycles. The van der Waals surface area contributed by atoms with Crippen molar-refractivity contribution in [3.05, 3.63) is 68.4 Å². The SMILES string of the molecule is CC(Sc1ccc([N+](=O)[O-])cc1)C(=O)NCc1cc(Br)ccc1F. The summed E-state index contributed by atoms with van der Waals surface area (Å²) in [7, 11) is 0. The lowest BCUT2D eigenvalue weighted by Gasteiger charge is -2.12. The molecule has 1 atom stereocenters. The van der Waals surface area contributed by atoms with Crippen LogP contribution in [0.15, 0.2) is 51.8 Å². The van der Waals surface area contributed by atoms with E-state index in [2.05, 4.69) is 21.2 Å². The van der Waals surface area contributed by atoms with Crippen molar-refractivity contribution in [3.8, 4) is 0 Å². The Kier molecular flexibility index (Phi) is 6.33. The highest BCUT2D eigenvalue weighted by Gasteiger charge is 2.15. The van der Waals surface area contributed by atoms with E-state index in [1.54, 1.807) is 31.2 Å². The third kappa shape index (κ3) is 5.04. The van der Waals surface area contributed by atoms with E-state index in [1.807, 2.05) is 0 Å². The van der Waals surface area contributed by atoms with Crippen LogP contribution in [-0.4, -0.2) is 16.1 Å². The highest BCUT2D eigenvalue weighted by atomic mass is 79.9. The van der Waals surface area contributed by atoms with Gasteiger partial charge in [-0.05, 0) is 37.3 Å². The van der Waals surface area contributed by atoms with Crippen LogP contribution in [0, 0.1) is 15.9 Å². The fourth-order valence-corrected chi connectivity index (χ4v) is 3.21. The summed E-state index contributed by atoms with van der Waals surface area (Å²) < 4.78 is 14.4. The van der Waals surface area contributed by atoms with Gasteiger partial charge < -0.3 is 5.32 Å².